The summed E-state index contributed by atoms with van der Waals surface area (Å²) in [4.78, 5) is 37.6. The van der Waals surface area contributed by atoms with Gasteiger partial charge in [-0.1, -0.05) is 11.8 Å². The Hall–Kier alpha value is -1.89. The normalized spacial score (nSPS) is 19.4. The number of thioether (sulfide) groups is 1. The minimum atomic E-state index is -0.539. The fourth-order valence-corrected chi connectivity index (χ4v) is 2.57. The highest BCUT2D eigenvalue weighted by Gasteiger charge is 2.27. The fraction of sp³-hybridized carbons (Fsp3) is 0.273. The van der Waals surface area contributed by atoms with Crippen LogP contribution in [-0.2, 0) is 9.59 Å². The lowest BCUT2D eigenvalue weighted by Crippen LogP contribution is -2.42. The van der Waals surface area contributed by atoms with Crippen molar-refractivity contribution in [3.8, 4) is 0 Å². The standard InChI is InChI=1S/C11H11N3O3S/c12-10(16)6-3-4-13-9(5-6)18-7-1-2-8(15)14-11(7)17/h3-5,7H,1-2H2,(H2,12,16)(H,14,15,17). The molecule has 1 unspecified atom stereocenters. The Balaban J connectivity index is 2.09. The van der Waals surface area contributed by atoms with Gasteiger partial charge in [0.2, 0.25) is 17.7 Å². The first kappa shape index (κ1) is 12.6. The van der Waals surface area contributed by atoms with Crippen LogP contribution in [0.25, 0.3) is 0 Å². The first-order valence-electron chi connectivity index (χ1n) is 5.32. The zero-order valence-corrected chi connectivity index (χ0v) is 10.2. The highest BCUT2D eigenvalue weighted by Crippen LogP contribution is 2.27. The Morgan fingerprint density at radius 2 is 2.28 bits per heavy atom. The zero-order valence-electron chi connectivity index (χ0n) is 9.38. The van der Waals surface area contributed by atoms with Gasteiger partial charge in [0.05, 0.1) is 10.3 Å². The molecule has 0 saturated carbocycles. The minimum absolute atomic E-state index is 0.254. The van der Waals surface area contributed by atoms with E-state index < -0.39 is 5.91 Å². The summed E-state index contributed by atoms with van der Waals surface area (Å²) in [5.41, 5.74) is 5.51. The summed E-state index contributed by atoms with van der Waals surface area (Å²) < 4.78 is 0. The van der Waals surface area contributed by atoms with Crippen LogP contribution in [0.1, 0.15) is 23.2 Å². The van der Waals surface area contributed by atoms with Gasteiger partial charge < -0.3 is 5.73 Å². The minimum Gasteiger partial charge on any atom is -0.366 e. The van der Waals surface area contributed by atoms with Gasteiger partial charge in [0.15, 0.2) is 0 Å². The molecule has 94 valence electrons. The maximum atomic E-state index is 11.6. The van der Waals surface area contributed by atoms with Gasteiger partial charge in [0.1, 0.15) is 0 Å². The number of nitrogens with two attached hydrogens (primary N) is 1. The van der Waals surface area contributed by atoms with Crippen molar-refractivity contribution in [2.24, 2.45) is 5.73 Å². The molecule has 6 nitrogen and oxygen atoms in total. The fourth-order valence-electron chi connectivity index (χ4n) is 1.56. The van der Waals surface area contributed by atoms with Crippen LogP contribution in [0.4, 0.5) is 0 Å². The molecule has 0 radical (unpaired) electrons. The number of imide groups is 1. The monoisotopic (exact) mass is 265 g/mol. The van der Waals surface area contributed by atoms with Gasteiger partial charge >= 0.3 is 0 Å². The Kier molecular flexibility index (Phi) is 3.61. The van der Waals surface area contributed by atoms with Gasteiger partial charge in [-0.15, -0.1) is 0 Å². The summed E-state index contributed by atoms with van der Waals surface area (Å²) in [6.07, 6.45) is 2.25. The summed E-state index contributed by atoms with van der Waals surface area (Å²) in [5, 5.41) is 2.45. The Morgan fingerprint density at radius 1 is 1.50 bits per heavy atom. The van der Waals surface area contributed by atoms with Crippen LogP contribution in [0, 0.1) is 0 Å². The van der Waals surface area contributed by atoms with Crippen molar-refractivity contribution in [1.82, 2.24) is 10.3 Å². The quantitative estimate of drug-likeness (QED) is 0.753. The Bertz CT molecular complexity index is 518. The van der Waals surface area contributed by atoms with E-state index in [1.807, 2.05) is 0 Å². The van der Waals surface area contributed by atoms with Gasteiger partial charge in [0, 0.05) is 18.2 Å². The third kappa shape index (κ3) is 2.86. The summed E-state index contributed by atoms with van der Waals surface area (Å²) in [6.45, 7) is 0. The van der Waals surface area contributed by atoms with Gasteiger partial charge in [-0.3, -0.25) is 19.7 Å². The topological polar surface area (TPSA) is 102 Å². The molecule has 2 heterocycles. The first-order chi connectivity index (χ1) is 8.56. The second kappa shape index (κ2) is 5.18. The van der Waals surface area contributed by atoms with Crippen LogP contribution in [0.2, 0.25) is 0 Å². The molecule has 0 aromatic carbocycles. The number of nitrogens with one attached hydrogen (secondary N) is 1. The molecule has 3 amide bonds. The molecule has 1 saturated heterocycles. The van der Waals surface area contributed by atoms with Gasteiger partial charge in [-0.2, -0.15) is 0 Å². The highest BCUT2D eigenvalue weighted by atomic mass is 32.2. The summed E-state index contributed by atoms with van der Waals surface area (Å²) in [5.74, 6) is -1.11. The van der Waals surface area contributed by atoms with Crippen molar-refractivity contribution in [1.29, 1.82) is 0 Å². The number of carbonyl (C=O) groups excluding carboxylic acids is 3. The van der Waals surface area contributed by atoms with Crippen LogP contribution >= 0.6 is 11.8 Å². The van der Waals surface area contributed by atoms with Crippen molar-refractivity contribution in [3.63, 3.8) is 0 Å². The zero-order chi connectivity index (χ0) is 13.1. The second-order valence-corrected chi connectivity index (χ2v) is 5.03. The van der Waals surface area contributed by atoms with Gasteiger partial charge in [-0.05, 0) is 18.6 Å². The van der Waals surface area contributed by atoms with Crippen molar-refractivity contribution in [3.05, 3.63) is 23.9 Å². The number of rotatable bonds is 3. The van der Waals surface area contributed by atoms with E-state index >= 15 is 0 Å². The Morgan fingerprint density at radius 3 is 2.94 bits per heavy atom. The average molecular weight is 265 g/mol. The lowest BCUT2D eigenvalue weighted by atomic mass is 10.1. The van der Waals surface area contributed by atoms with E-state index in [0.717, 1.165) is 0 Å². The molecule has 1 aromatic heterocycles. The highest BCUT2D eigenvalue weighted by molar-refractivity contribution is 8.00. The molecule has 0 aliphatic carbocycles. The molecule has 2 rings (SSSR count). The van der Waals surface area contributed by atoms with E-state index in [-0.39, 0.29) is 17.1 Å². The first-order valence-corrected chi connectivity index (χ1v) is 6.20. The van der Waals surface area contributed by atoms with E-state index in [0.29, 0.717) is 23.4 Å². The largest absolute Gasteiger partial charge is 0.366 e. The molecule has 1 fully saturated rings. The van der Waals surface area contributed by atoms with Crippen molar-refractivity contribution < 1.29 is 14.4 Å². The number of hydrogen-bond donors (Lipinski definition) is 2. The molecule has 1 atom stereocenters. The van der Waals surface area contributed by atoms with Crippen molar-refractivity contribution in [2.45, 2.75) is 23.1 Å². The number of piperidine rings is 1. The van der Waals surface area contributed by atoms with Crippen LogP contribution in [-0.4, -0.2) is 28.0 Å². The molecule has 0 bridgehead atoms. The molecule has 0 spiro atoms. The maximum Gasteiger partial charge on any atom is 0.248 e. The predicted octanol–water partition coefficient (Wildman–Crippen LogP) is 0.0778. The smallest absolute Gasteiger partial charge is 0.248 e. The molecule has 1 aliphatic heterocycles. The number of hydrogen-bond acceptors (Lipinski definition) is 5. The van der Waals surface area contributed by atoms with Crippen molar-refractivity contribution in [2.75, 3.05) is 0 Å². The summed E-state index contributed by atoms with van der Waals surface area (Å²) in [6, 6.07) is 3.05. The Labute approximate surface area is 107 Å². The molecular formula is C11H11N3O3S. The molecule has 7 heteroatoms. The molecule has 1 aliphatic rings. The average Bonchev–Trinajstić information content (AvgIpc) is 2.33. The van der Waals surface area contributed by atoms with E-state index in [1.165, 1.54) is 30.1 Å². The number of nitrogens with zero attached hydrogens (tertiary/aromatic N) is 1. The lowest BCUT2D eigenvalue weighted by Gasteiger charge is -2.19. The second-order valence-electron chi connectivity index (χ2n) is 3.80. The van der Waals surface area contributed by atoms with Crippen LogP contribution < -0.4 is 11.1 Å². The van der Waals surface area contributed by atoms with Crippen LogP contribution in [0.3, 0.4) is 0 Å². The lowest BCUT2D eigenvalue weighted by molar-refractivity contribution is -0.132. The van der Waals surface area contributed by atoms with Gasteiger partial charge in [0.25, 0.3) is 0 Å². The molecular weight excluding hydrogens is 254 g/mol. The van der Waals surface area contributed by atoms with E-state index in [2.05, 4.69) is 10.3 Å². The van der Waals surface area contributed by atoms with E-state index in [1.54, 1.807) is 0 Å². The number of carbonyl (C=O) groups is 3. The predicted molar refractivity (Wildman–Crippen MR) is 64.8 cm³/mol. The number of primary amides is 1. The third-order valence-corrected chi connectivity index (χ3v) is 3.67. The number of amides is 3. The molecule has 1 aromatic rings. The molecule has 18 heavy (non-hydrogen) atoms. The van der Waals surface area contributed by atoms with Crippen molar-refractivity contribution >= 4 is 29.5 Å². The summed E-state index contributed by atoms with van der Waals surface area (Å²) in [7, 11) is 0. The van der Waals surface area contributed by atoms with E-state index in [4.69, 9.17) is 5.73 Å². The van der Waals surface area contributed by atoms with Crippen LogP contribution in [0.5, 0.6) is 0 Å². The maximum absolute atomic E-state index is 11.6. The number of aromatic nitrogens is 1. The summed E-state index contributed by atoms with van der Waals surface area (Å²) >= 11 is 1.22. The van der Waals surface area contributed by atoms with Gasteiger partial charge in [-0.25, -0.2) is 4.98 Å². The SMILES string of the molecule is NC(=O)c1ccnc(SC2CCC(=O)NC2=O)c1. The number of pyridine rings is 1. The van der Waals surface area contributed by atoms with Crippen LogP contribution in [0.15, 0.2) is 23.4 Å². The van der Waals surface area contributed by atoms with E-state index in [9.17, 15) is 14.4 Å². The molecule has 3 N–H and O–H groups in total. The third-order valence-electron chi connectivity index (χ3n) is 2.47.